The molecule has 0 heterocycles. The van der Waals surface area contributed by atoms with Crippen molar-refractivity contribution < 1.29 is 9.59 Å². The number of carbonyl (C=O) groups is 2. The van der Waals surface area contributed by atoms with E-state index in [1.165, 1.54) is 0 Å². The van der Waals surface area contributed by atoms with E-state index in [-0.39, 0.29) is 30.6 Å². The van der Waals surface area contributed by atoms with Crippen molar-refractivity contribution in [3.8, 4) is 0 Å². The number of thioether (sulfide) groups is 1. The van der Waals surface area contributed by atoms with Crippen molar-refractivity contribution in [2.24, 2.45) is 0 Å². The second kappa shape index (κ2) is 8.87. The summed E-state index contributed by atoms with van der Waals surface area (Å²) in [4.78, 5) is 25.7. The molecule has 0 aliphatic heterocycles. The van der Waals surface area contributed by atoms with Gasteiger partial charge in [-0.25, -0.2) is 0 Å². The van der Waals surface area contributed by atoms with Crippen LogP contribution in [0.4, 0.5) is 0 Å². The van der Waals surface area contributed by atoms with Crippen LogP contribution in [0.25, 0.3) is 10.8 Å². The summed E-state index contributed by atoms with van der Waals surface area (Å²) in [5, 5.41) is 5.31. The zero-order chi connectivity index (χ0) is 19.2. The predicted octanol–water partition coefficient (Wildman–Crippen LogP) is 5.40. The predicted molar refractivity (Wildman–Crippen MR) is 112 cm³/mol. The molecule has 1 N–H and O–H groups in total. The molecule has 1 amide bonds. The molecule has 0 aromatic heterocycles. The Morgan fingerprint density at radius 2 is 1.63 bits per heavy atom. The number of fused-ring (bicyclic) bond motifs is 1. The quantitative estimate of drug-likeness (QED) is 0.443. The average Bonchev–Trinajstić information content (AvgIpc) is 2.71. The Hall–Kier alpha value is -2.59. The highest BCUT2D eigenvalue weighted by Gasteiger charge is 2.14. The number of Topliss-reactive ketones (excluding diaryl/α,β-unsaturated/α-hetero) is 1. The van der Waals surface area contributed by atoms with Crippen LogP contribution < -0.4 is 5.32 Å². The van der Waals surface area contributed by atoms with Gasteiger partial charge >= 0.3 is 0 Å². The zero-order valence-corrected chi connectivity index (χ0v) is 16.4. The lowest BCUT2D eigenvalue weighted by Gasteiger charge is -2.16. The van der Waals surface area contributed by atoms with Crippen LogP contribution in [0.15, 0.2) is 71.6 Å². The molecule has 138 valence electrons. The van der Waals surface area contributed by atoms with E-state index < -0.39 is 0 Å². The molecule has 0 saturated carbocycles. The summed E-state index contributed by atoms with van der Waals surface area (Å²) < 4.78 is 0. The number of benzene rings is 3. The molecule has 0 fully saturated rings. The average molecular weight is 378 g/mol. The zero-order valence-electron chi connectivity index (χ0n) is 15.6. The number of nitrogens with one attached hydrogen (secondary N) is 1. The fourth-order valence-corrected chi connectivity index (χ4v) is 3.58. The number of ketones is 1. The molecule has 0 bridgehead atoms. The van der Waals surface area contributed by atoms with Crippen molar-refractivity contribution in [1.29, 1.82) is 0 Å². The van der Waals surface area contributed by atoms with Gasteiger partial charge in [-0.2, -0.15) is 0 Å². The number of rotatable bonds is 7. The lowest BCUT2D eigenvalue weighted by atomic mass is 9.99. The Morgan fingerprint density at radius 3 is 2.37 bits per heavy atom. The van der Waals surface area contributed by atoms with Crippen LogP contribution in [-0.2, 0) is 4.79 Å². The van der Waals surface area contributed by atoms with Crippen molar-refractivity contribution in [3.63, 3.8) is 0 Å². The second-order valence-electron chi connectivity index (χ2n) is 6.51. The lowest BCUT2D eigenvalue weighted by molar-refractivity contribution is -0.121. The van der Waals surface area contributed by atoms with E-state index in [9.17, 15) is 9.59 Å². The third-order valence-electron chi connectivity index (χ3n) is 4.66. The molecule has 1 atom stereocenters. The van der Waals surface area contributed by atoms with Crippen LogP contribution >= 0.6 is 11.8 Å². The van der Waals surface area contributed by atoms with E-state index in [0.29, 0.717) is 5.56 Å². The minimum absolute atomic E-state index is 0.00406. The first kappa shape index (κ1) is 19.2. The van der Waals surface area contributed by atoms with Gasteiger partial charge in [0.25, 0.3) is 0 Å². The van der Waals surface area contributed by atoms with Crippen molar-refractivity contribution in [2.45, 2.75) is 30.7 Å². The normalized spacial score (nSPS) is 11.9. The largest absolute Gasteiger partial charge is 0.350 e. The van der Waals surface area contributed by atoms with E-state index in [4.69, 9.17) is 0 Å². The van der Waals surface area contributed by atoms with Gasteiger partial charge < -0.3 is 5.32 Å². The third kappa shape index (κ3) is 4.77. The minimum atomic E-state index is -0.112. The number of hydrogen-bond acceptors (Lipinski definition) is 3. The Labute approximate surface area is 164 Å². The molecule has 0 aliphatic carbocycles. The summed E-state index contributed by atoms with van der Waals surface area (Å²) in [5.74, 6) is -0.111. The maximum Gasteiger partial charge on any atom is 0.220 e. The number of amides is 1. The molecule has 27 heavy (non-hydrogen) atoms. The van der Waals surface area contributed by atoms with Gasteiger partial charge in [-0.05, 0) is 41.6 Å². The Morgan fingerprint density at radius 1 is 0.926 bits per heavy atom. The first-order valence-corrected chi connectivity index (χ1v) is 10.2. The topological polar surface area (TPSA) is 46.2 Å². The van der Waals surface area contributed by atoms with Gasteiger partial charge in [-0.3, -0.25) is 9.59 Å². The van der Waals surface area contributed by atoms with Crippen molar-refractivity contribution >= 4 is 34.2 Å². The van der Waals surface area contributed by atoms with E-state index in [2.05, 4.69) is 23.5 Å². The molecular weight excluding hydrogens is 354 g/mol. The van der Waals surface area contributed by atoms with Gasteiger partial charge in [0.1, 0.15) is 0 Å². The molecule has 0 spiro atoms. The van der Waals surface area contributed by atoms with Gasteiger partial charge in [0.2, 0.25) is 5.91 Å². The summed E-state index contributed by atoms with van der Waals surface area (Å²) in [5.41, 5.74) is 1.74. The van der Waals surface area contributed by atoms with Gasteiger partial charge in [-0.15, -0.1) is 11.8 Å². The van der Waals surface area contributed by atoms with Crippen LogP contribution in [0.5, 0.6) is 0 Å². The highest BCUT2D eigenvalue weighted by Crippen LogP contribution is 2.24. The van der Waals surface area contributed by atoms with E-state index in [0.717, 1.165) is 21.2 Å². The molecule has 0 aliphatic rings. The molecule has 3 aromatic rings. The van der Waals surface area contributed by atoms with Gasteiger partial charge in [-0.1, -0.05) is 54.6 Å². The molecule has 3 aromatic carbocycles. The fourth-order valence-electron chi connectivity index (χ4n) is 3.17. The summed E-state index contributed by atoms with van der Waals surface area (Å²) in [6.45, 7) is 1.97. The molecule has 0 saturated heterocycles. The summed E-state index contributed by atoms with van der Waals surface area (Å²) in [6.07, 6.45) is 2.41. The van der Waals surface area contributed by atoms with Gasteiger partial charge in [0, 0.05) is 23.3 Å². The monoisotopic (exact) mass is 377 g/mol. The third-order valence-corrected chi connectivity index (χ3v) is 5.40. The van der Waals surface area contributed by atoms with Gasteiger partial charge in [0.15, 0.2) is 5.78 Å². The highest BCUT2D eigenvalue weighted by atomic mass is 32.2. The smallest absolute Gasteiger partial charge is 0.220 e. The molecule has 0 radical (unpaired) electrons. The van der Waals surface area contributed by atoms with E-state index in [1.54, 1.807) is 11.8 Å². The first-order valence-electron chi connectivity index (χ1n) is 9.03. The molecule has 3 rings (SSSR count). The Kier molecular flexibility index (Phi) is 6.30. The number of carbonyl (C=O) groups excluding carboxylic acids is 2. The van der Waals surface area contributed by atoms with Crippen molar-refractivity contribution in [3.05, 3.63) is 77.9 Å². The molecule has 0 unspecified atom stereocenters. The minimum Gasteiger partial charge on any atom is -0.350 e. The van der Waals surface area contributed by atoms with E-state index >= 15 is 0 Å². The maximum absolute atomic E-state index is 12.3. The molecular formula is C23H23NO2S. The van der Waals surface area contributed by atoms with Crippen LogP contribution in [-0.4, -0.2) is 17.9 Å². The molecule has 3 nitrogen and oxygen atoms in total. The second-order valence-corrected chi connectivity index (χ2v) is 7.39. The standard InChI is InChI=1S/C23H23NO2S/c1-16(20-9-5-7-17-6-3-4-8-21(17)20)24-23(26)15-14-22(25)18-10-12-19(27-2)13-11-18/h3-13,16H,14-15H2,1-2H3,(H,24,26)/t16-/m0/s1. The fraction of sp³-hybridized carbons (Fsp3) is 0.217. The van der Waals surface area contributed by atoms with Crippen LogP contribution in [0.1, 0.15) is 41.7 Å². The maximum atomic E-state index is 12.3. The van der Waals surface area contributed by atoms with Crippen molar-refractivity contribution in [2.75, 3.05) is 6.26 Å². The van der Waals surface area contributed by atoms with Crippen molar-refractivity contribution in [1.82, 2.24) is 5.32 Å². The van der Waals surface area contributed by atoms with Crippen LogP contribution in [0.2, 0.25) is 0 Å². The summed E-state index contributed by atoms with van der Waals surface area (Å²) in [6, 6.07) is 21.6. The highest BCUT2D eigenvalue weighted by molar-refractivity contribution is 7.98. The number of hydrogen-bond donors (Lipinski definition) is 1. The van der Waals surface area contributed by atoms with Crippen LogP contribution in [0, 0.1) is 0 Å². The Bertz CT molecular complexity index is 945. The van der Waals surface area contributed by atoms with E-state index in [1.807, 2.05) is 61.7 Å². The Balaban J connectivity index is 1.59. The van der Waals surface area contributed by atoms with Crippen LogP contribution in [0.3, 0.4) is 0 Å². The van der Waals surface area contributed by atoms with Gasteiger partial charge in [0.05, 0.1) is 6.04 Å². The molecule has 4 heteroatoms. The SMILES string of the molecule is CSc1ccc(C(=O)CCC(=O)N[C@@H](C)c2cccc3ccccc23)cc1. The summed E-state index contributed by atoms with van der Waals surface area (Å²) in [7, 11) is 0. The first-order chi connectivity index (χ1) is 13.1. The lowest BCUT2D eigenvalue weighted by Crippen LogP contribution is -2.27. The summed E-state index contributed by atoms with van der Waals surface area (Å²) >= 11 is 1.64.